The molecule has 0 saturated heterocycles. The van der Waals surface area contributed by atoms with Crippen LogP contribution in [0.5, 0.6) is 0 Å². The molecule has 0 aliphatic rings. The SMILES string of the molecule is Cc1csc(C(C)NS(=O)(=O)c2ncccc2N)n1. The molecule has 8 heteroatoms. The molecule has 0 saturated carbocycles. The number of thiazole rings is 1. The zero-order valence-electron chi connectivity index (χ0n) is 10.5. The van der Waals surface area contributed by atoms with E-state index in [2.05, 4.69) is 14.7 Å². The van der Waals surface area contributed by atoms with Crippen molar-refractivity contribution in [1.29, 1.82) is 0 Å². The first-order chi connectivity index (χ1) is 8.90. The molecule has 0 amide bonds. The minimum atomic E-state index is -3.75. The summed E-state index contributed by atoms with van der Waals surface area (Å²) in [6, 6.07) is 2.66. The van der Waals surface area contributed by atoms with Gasteiger partial charge in [0.15, 0.2) is 5.03 Å². The number of aromatic nitrogens is 2. The molecule has 0 aliphatic carbocycles. The van der Waals surface area contributed by atoms with Crippen molar-refractivity contribution in [1.82, 2.24) is 14.7 Å². The first-order valence-electron chi connectivity index (χ1n) is 5.55. The summed E-state index contributed by atoms with van der Waals surface area (Å²) < 4.78 is 26.9. The topological polar surface area (TPSA) is 98.0 Å². The van der Waals surface area contributed by atoms with Crippen LogP contribution in [0, 0.1) is 6.92 Å². The second-order valence-corrected chi connectivity index (χ2v) is 6.59. The van der Waals surface area contributed by atoms with Gasteiger partial charge in [0.05, 0.1) is 11.7 Å². The summed E-state index contributed by atoms with van der Waals surface area (Å²) in [5.74, 6) is 0. The van der Waals surface area contributed by atoms with Crippen LogP contribution >= 0.6 is 11.3 Å². The maximum Gasteiger partial charge on any atom is 0.260 e. The summed E-state index contributed by atoms with van der Waals surface area (Å²) in [6.07, 6.45) is 1.39. The van der Waals surface area contributed by atoms with E-state index in [9.17, 15) is 8.42 Å². The van der Waals surface area contributed by atoms with Gasteiger partial charge in [0, 0.05) is 17.3 Å². The van der Waals surface area contributed by atoms with Gasteiger partial charge >= 0.3 is 0 Å². The van der Waals surface area contributed by atoms with Gasteiger partial charge in [-0.3, -0.25) is 0 Å². The number of nitrogens with one attached hydrogen (secondary N) is 1. The minimum Gasteiger partial charge on any atom is -0.396 e. The molecule has 2 aromatic rings. The Bertz CT molecular complexity index is 682. The van der Waals surface area contributed by atoms with Gasteiger partial charge in [0.2, 0.25) is 0 Å². The Morgan fingerprint density at radius 1 is 1.47 bits per heavy atom. The van der Waals surface area contributed by atoms with E-state index in [0.29, 0.717) is 5.01 Å². The number of aryl methyl sites for hydroxylation is 1. The van der Waals surface area contributed by atoms with Crippen LogP contribution in [0.2, 0.25) is 0 Å². The Labute approximate surface area is 115 Å². The molecular formula is C11H14N4O2S2. The number of hydrogen-bond acceptors (Lipinski definition) is 6. The smallest absolute Gasteiger partial charge is 0.260 e. The predicted molar refractivity (Wildman–Crippen MR) is 74.2 cm³/mol. The lowest BCUT2D eigenvalue weighted by Crippen LogP contribution is -2.28. The van der Waals surface area contributed by atoms with Crippen LogP contribution < -0.4 is 10.5 Å². The van der Waals surface area contributed by atoms with E-state index in [0.717, 1.165) is 5.69 Å². The minimum absolute atomic E-state index is 0.123. The van der Waals surface area contributed by atoms with Gasteiger partial charge in [-0.2, -0.15) is 0 Å². The fraction of sp³-hybridized carbons (Fsp3) is 0.273. The van der Waals surface area contributed by atoms with Crippen LogP contribution in [0.4, 0.5) is 5.69 Å². The molecule has 2 heterocycles. The maximum atomic E-state index is 12.2. The number of rotatable bonds is 4. The largest absolute Gasteiger partial charge is 0.396 e. The first-order valence-corrected chi connectivity index (χ1v) is 7.91. The summed E-state index contributed by atoms with van der Waals surface area (Å²) in [7, 11) is -3.75. The summed E-state index contributed by atoms with van der Waals surface area (Å²) in [5.41, 5.74) is 6.62. The van der Waals surface area contributed by atoms with Crippen molar-refractivity contribution in [2.24, 2.45) is 0 Å². The fourth-order valence-corrected chi connectivity index (χ4v) is 3.68. The van der Waals surface area contributed by atoms with Crippen LogP contribution in [-0.2, 0) is 10.0 Å². The zero-order chi connectivity index (χ0) is 14.0. The third-order valence-electron chi connectivity index (χ3n) is 2.39. The number of nitrogen functional groups attached to an aromatic ring is 1. The number of hydrogen-bond donors (Lipinski definition) is 2. The van der Waals surface area contributed by atoms with Gasteiger partial charge in [-0.1, -0.05) is 0 Å². The molecule has 1 unspecified atom stereocenters. The third kappa shape index (κ3) is 3.09. The Hall–Kier alpha value is -1.51. The lowest BCUT2D eigenvalue weighted by atomic mass is 10.4. The second kappa shape index (κ2) is 5.24. The van der Waals surface area contributed by atoms with Gasteiger partial charge in [-0.05, 0) is 26.0 Å². The molecule has 0 aliphatic heterocycles. The lowest BCUT2D eigenvalue weighted by molar-refractivity contribution is 0.563. The van der Waals surface area contributed by atoms with Gasteiger partial charge in [-0.25, -0.2) is 23.1 Å². The number of sulfonamides is 1. The second-order valence-electron chi connectivity index (χ2n) is 4.07. The molecule has 0 radical (unpaired) electrons. The highest BCUT2D eigenvalue weighted by Crippen LogP contribution is 2.21. The average Bonchev–Trinajstić information content (AvgIpc) is 2.76. The van der Waals surface area contributed by atoms with Gasteiger partial charge in [0.1, 0.15) is 5.01 Å². The van der Waals surface area contributed by atoms with Crippen LogP contribution in [0.1, 0.15) is 23.7 Å². The molecule has 0 aromatic carbocycles. The van der Waals surface area contributed by atoms with Gasteiger partial charge in [-0.15, -0.1) is 11.3 Å². The molecule has 102 valence electrons. The molecule has 0 fully saturated rings. The summed E-state index contributed by atoms with van der Waals surface area (Å²) in [4.78, 5) is 8.06. The van der Waals surface area contributed by atoms with Crippen LogP contribution in [0.15, 0.2) is 28.7 Å². The van der Waals surface area contributed by atoms with Crippen molar-refractivity contribution in [3.63, 3.8) is 0 Å². The Morgan fingerprint density at radius 2 is 2.21 bits per heavy atom. The van der Waals surface area contributed by atoms with Crippen LogP contribution in [-0.4, -0.2) is 18.4 Å². The standard InChI is InChI=1S/C11H14N4O2S2/c1-7-6-18-10(14-7)8(2)15-19(16,17)11-9(12)4-3-5-13-11/h3-6,8,15H,12H2,1-2H3. The molecule has 3 N–H and O–H groups in total. The van der Waals surface area contributed by atoms with Gasteiger partial charge < -0.3 is 5.73 Å². The summed E-state index contributed by atoms with van der Waals surface area (Å²) >= 11 is 1.41. The summed E-state index contributed by atoms with van der Waals surface area (Å²) in [5, 5.41) is 2.42. The molecule has 2 rings (SSSR count). The number of anilines is 1. The highest BCUT2D eigenvalue weighted by atomic mass is 32.2. The molecule has 2 aromatic heterocycles. The van der Waals surface area contributed by atoms with Crippen molar-refractivity contribution in [2.75, 3.05) is 5.73 Å². The summed E-state index contributed by atoms with van der Waals surface area (Å²) in [6.45, 7) is 3.59. The average molecular weight is 298 g/mol. The molecule has 0 bridgehead atoms. The van der Waals surface area contributed by atoms with Gasteiger partial charge in [0.25, 0.3) is 10.0 Å². The Kier molecular flexibility index (Phi) is 3.83. The van der Waals surface area contributed by atoms with Crippen molar-refractivity contribution in [3.05, 3.63) is 34.4 Å². The zero-order valence-corrected chi connectivity index (χ0v) is 12.1. The molecular weight excluding hydrogens is 284 g/mol. The third-order valence-corrected chi connectivity index (χ3v) is 5.05. The number of nitrogens with zero attached hydrogens (tertiary/aromatic N) is 2. The molecule has 19 heavy (non-hydrogen) atoms. The number of pyridine rings is 1. The van der Waals surface area contributed by atoms with E-state index >= 15 is 0 Å². The molecule has 0 spiro atoms. The monoisotopic (exact) mass is 298 g/mol. The van der Waals surface area contributed by atoms with Crippen LogP contribution in [0.3, 0.4) is 0 Å². The highest BCUT2D eigenvalue weighted by molar-refractivity contribution is 7.89. The van der Waals surface area contributed by atoms with Crippen molar-refractivity contribution < 1.29 is 8.42 Å². The van der Waals surface area contributed by atoms with Crippen molar-refractivity contribution in [3.8, 4) is 0 Å². The van der Waals surface area contributed by atoms with E-state index in [1.165, 1.54) is 23.6 Å². The lowest BCUT2D eigenvalue weighted by Gasteiger charge is -2.12. The predicted octanol–water partition coefficient (Wildman–Crippen LogP) is 1.47. The fourth-order valence-electron chi connectivity index (χ4n) is 1.54. The maximum absolute atomic E-state index is 12.2. The number of nitrogens with two attached hydrogens (primary N) is 1. The first kappa shape index (κ1) is 13.9. The normalized spacial score (nSPS) is 13.4. The quantitative estimate of drug-likeness (QED) is 0.890. The van der Waals surface area contributed by atoms with E-state index in [1.54, 1.807) is 13.0 Å². The molecule has 1 atom stereocenters. The van der Waals surface area contributed by atoms with Crippen molar-refractivity contribution in [2.45, 2.75) is 24.9 Å². The van der Waals surface area contributed by atoms with E-state index in [1.807, 2.05) is 12.3 Å². The van der Waals surface area contributed by atoms with E-state index in [4.69, 9.17) is 5.73 Å². The highest BCUT2D eigenvalue weighted by Gasteiger charge is 2.23. The molecule has 6 nitrogen and oxygen atoms in total. The Balaban J connectivity index is 2.25. The van der Waals surface area contributed by atoms with Crippen molar-refractivity contribution >= 4 is 27.0 Å². The van der Waals surface area contributed by atoms with E-state index < -0.39 is 16.1 Å². The van der Waals surface area contributed by atoms with Crippen LogP contribution in [0.25, 0.3) is 0 Å². The Morgan fingerprint density at radius 3 is 2.79 bits per heavy atom. The van der Waals surface area contributed by atoms with E-state index in [-0.39, 0.29) is 10.7 Å².